The van der Waals surface area contributed by atoms with Crippen LogP contribution in [0.4, 0.5) is 0 Å². The van der Waals surface area contributed by atoms with Crippen LogP contribution in [0.3, 0.4) is 0 Å². The van der Waals surface area contributed by atoms with Crippen LogP contribution in [0.1, 0.15) is 12.8 Å². The van der Waals surface area contributed by atoms with Gasteiger partial charge in [0.1, 0.15) is 5.75 Å². The molecule has 2 aromatic carbocycles. The van der Waals surface area contributed by atoms with E-state index in [0.29, 0.717) is 23.2 Å². The molecule has 0 aromatic heterocycles. The summed E-state index contributed by atoms with van der Waals surface area (Å²) in [6, 6.07) is 11.3. The second-order valence-electron chi connectivity index (χ2n) is 5.69. The predicted molar refractivity (Wildman–Crippen MR) is 88.2 cm³/mol. The Labute approximate surface area is 134 Å². The van der Waals surface area contributed by atoms with Crippen molar-refractivity contribution in [2.75, 3.05) is 13.2 Å². The molecule has 22 heavy (non-hydrogen) atoms. The molecular weight excluding hydrogens is 300 g/mol. The minimum Gasteiger partial charge on any atom is -0.483 e. The van der Waals surface area contributed by atoms with Crippen LogP contribution in [0.5, 0.6) is 5.75 Å². The maximum atomic E-state index is 11.8. The molecule has 5 heteroatoms. The van der Waals surface area contributed by atoms with Gasteiger partial charge in [-0.25, -0.2) is 0 Å². The number of hydrogen-bond acceptors (Lipinski definition) is 3. The number of rotatable bonds is 6. The van der Waals surface area contributed by atoms with Crippen LogP contribution in [-0.2, 0) is 4.79 Å². The Hall–Kier alpha value is -1.78. The van der Waals surface area contributed by atoms with Gasteiger partial charge < -0.3 is 15.8 Å². The van der Waals surface area contributed by atoms with Crippen LogP contribution in [0.15, 0.2) is 36.4 Å². The molecule has 1 fully saturated rings. The summed E-state index contributed by atoms with van der Waals surface area (Å²) in [4.78, 5) is 11.8. The van der Waals surface area contributed by atoms with Gasteiger partial charge in [-0.05, 0) is 30.9 Å². The fourth-order valence-electron chi connectivity index (χ4n) is 2.48. The van der Waals surface area contributed by atoms with Gasteiger partial charge in [-0.15, -0.1) is 0 Å². The van der Waals surface area contributed by atoms with E-state index in [9.17, 15) is 4.79 Å². The van der Waals surface area contributed by atoms with Crippen molar-refractivity contribution < 1.29 is 9.53 Å². The van der Waals surface area contributed by atoms with Crippen molar-refractivity contribution in [2.24, 2.45) is 11.7 Å². The van der Waals surface area contributed by atoms with Gasteiger partial charge in [-0.3, -0.25) is 4.79 Å². The molecule has 1 atom stereocenters. The van der Waals surface area contributed by atoms with Gasteiger partial charge in [-0.1, -0.05) is 35.9 Å². The fraction of sp³-hybridized carbons (Fsp3) is 0.353. The minimum absolute atomic E-state index is 0.0248. The molecule has 1 aliphatic carbocycles. The average Bonchev–Trinajstić information content (AvgIpc) is 3.37. The average molecular weight is 319 g/mol. The van der Waals surface area contributed by atoms with Crippen LogP contribution in [0, 0.1) is 5.92 Å². The summed E-state index contributed by atoms with van der Waals surface area (Å²) in [7, 11) is 0. The van der Waals surface area contributed by atoms with Crippen LogP contribution in [0.25, 0.3) is 10.8 Å². The van der Waals surface area contributed by atoms with Crippen LogP contribution in [0.2, 0.25) is 5.02 Å². The zero-order valence-electron chi connectivity index (χ0n) is 12.2. The van der Waals surface area contributed by atoms with Crippen molar-refractivity contribution in [1.29, 1.82) is 0 Å². The van der Waals surface area contributed by atoms with Gasteiger partial charge in [0, 0.05) is 28.4 Å². The highest BCUT2D eigenvalue weighted by atomic mass is 35.5. The highest BCUT2D eigenvalue weighted by Crippen LogP contribution is 2.32. The van der Waals surface area contributed by atoms with Crippen LogP contribution in [-0.4, -0.2) is 25.1 Å². The zero-order valence-corrected chi connectivity index (χ0v) is 13.0. The minimum atomic E-state index is -0.157. The van der Waals surface area contributed by atoms with E-state index in [-0.39, 0.29) is 18.6 Å². The summed E-state index contributed by atoms with van der Waals surface area (Å²) < 4.78 is 5.63. The van der Waals surface area contributed by atoms with E-state index in [4.69, 9.17) is 22.1 Å². The Kier molecular flexibility index (Phi) is 4.50. The van der Waals surface area contributed by atoms with Crippen molar-refractivity contribution in [3.63, 3.8) is 0 Å². The number of ether oxygens (including phenoxy) is 1. The van der Waals surface area contributed by atoms with Gasteiger partial charge in [0.15, 0.2) is 6.61 Å². The van der Waals surface area contributed by atoms with Crippen molar-refractivity contribution in [3.8, 4) is 5.75 Å². The van der Waals surface area contributed by atoms with E-state index in [1.807, 2.05) is 24.3 Å². The number of halogens is 1. The molecule has 1 saturated carbocycles. The molecule has 0 bridgehead atoms. The summed E-state index contributed by atoms with van der Waals surface area (Å²) in [6.45, 7) is 0.483. The molecule has 0 radical (unpaired) electrons. The predicted octanol–water partition coefficient (Wildman–Crippen LogP) is 2.73. The lowest BCUT2D eigenvalue weighted by atomic mass is 10.1. The summed E-state index contributed by atoms with van der Waals surface area (Å²) in [5, 5.41) is 5.30. The number of benzene rings is 2. The molecule has 2 aromatic rings. The third-order valence-electron chi connectivity index (χ3n) is 3.95. The van der Waals surface area contributed by atoms with Crippen molar-refractivity contribution >= 4 is 28.3 Å². The normalized spacial score (nSPS) is 15.5. The van der Waals surface area contributed by atoms with Crippen molar-refractivity contribution in [2.45, 2.75) is 18.9 Å². The topological polar surface area (TPSA) is 64.3 Å². The maximum absolute atomic E-state index is 11.8. The molecule has 4 nitrogen and oxygen atoms in total. The number of amides is 1. The van der Waals surface area contributed by atoms with E-state index in [2.05, 4.69) is 5.32 Å². The van der Waals surface area contributed by atoms with Gasteiger partial charge in [0.2, 0.25) is 0 Å². The SMILES string of the molecule is N[C@@H](CNC(=O)COc1ccc(Cl)c2ccccc12)C1CC1. The van der Waals surface area contributed by atoms with Gasteiger partial charge in [-0.2, -0.15) is 0 Å². The van der Waals surface area contributed by atoms with E-state index < -0.39 is 0 Å². The summed E-state index contributed by atoms with van der Waals surface area (Å²) in [5.41, 5.74) is 5.96. The number of nitrogens with one attached hydrogen (secondary N) is 1. The van der Waals surface area contributed by atoms with Crippen LogP contribution >= 0.6 is 11.6 Å². The molecule has 0 spiro atoms. The second-order valence-corrected chi connectivity index (χ2v) is 6.09. The molecule has 0 aliphatic heterocycles. The van der Waals surface area contributed by atoms with Gasteiger partial charge in [0.25, 0.3) is 5.91 Å². The smallest absolute Gasteiger partial charge is 0.257 e. The van der Waals surface area contributed by atoms with E-state index in [0.717, 1.165) is 10.8 Å². The second kappa shape index (κ2) is 6.55. The first-order chi connectivity index (χ1) is 10.6. The lowest BCUT2D eigenvalue weighted by molar-refractivity contribution is -0.123. The molecule has 3 N–H and O–H groups in total. The molecule has 0 saturated heterocycles. The van der Waals surface area contributed by atoms with E-state index >= 15 is 0 Å². The van der Waals surface area contributed by atoms with E-state index in [1.54, 1.807) is 12.1 Å². The fourth-order valence-corrected chi connectivity index (χ4v) is 2.71. The molecular formula is C17H19ClN2O2. The Morgan fingerprint density at radius 3 is 2.73 bits per heavy atom. The summed E-state index contributed by atoms with van der Waals surface area (Å²) in [5.74, 6) is 1.07. The maximum Gasteiger partial charge on any atom is 0.257 e. The Morgan fingerprint density at radius 1 is 1.27 bits per heavy atom. The van der Waals surface area contributed by atoms with Gasteiger partial charge in [0.05, 0.1) is 0 Å². The summed E-state index contributed by atoms with van der Waals surface area (Å²) >= 11 is 6.16. The first-order valence-electron chi connectivity index (χ1n) is 7.47. The molecule has 1 amide bonds. The largest absolute Gasteiger partial charge is 0.483 e. The van der Waals surface area contributed by atoms with Crippen molar-refractivity contribution in [3.05, 3.63) is 41.4 Å². The number of fused-ring (bicyclic) bond motifs is 1. The standard InChI is InChI=1S/C17H19ClN2O2/c18-14-7-8-16(13-4-2-1-3-12(13)14)22-10-17(21)20-9-15(19)11-5-6-11/h1-4,7-8,11,15H,5-6,9-10,19H2,(H,20,21)/t15-/m0/s1. The van der Waals surface area contributed by atoms with Crippen LogP contribution < -0.4 is 15.8 Å². The summed E-state index contributed by atoms with van der Waals surface area (Å²) in [6.07, 6.45) is 2.34. The Morgan fingerprint density at radius 2 is 2.00 bits per heavy atom. The molecule has 116 valence electrons. The number of nitrogens with two attached hydrogens (primary N) is 1. The number of hydrogen-bond donors (Lipinski definition) is 2. The zero-order chi connectivity index (χ0) is 15.5. The lowest BCUT2D eigenvalue weighted by Gasteiger charge is -2.13. The number of carbonyl (C=O) groups excluding carboxylic acids is 1. The Balaban J connectivity index is 1.59. The highest BCUT2D eigenvalue weighted by Gasteiger charge is 2.28. The number of carbonyl (C=O) groups is 1. The molecule has 0 heterocycles. The first kappa shape index (κ1) is 15.1. The quantitative estimate of drug-likeness (QED) is 0.860. The lowest BCUT2D eigenvalue weighted by Crippen LogP contribution is -2.40. The third-order valence-corrected chi connectivity index (χ3v) is 4.28. The van der Waals surface area contributed by atoms with Crippen molar-refractivity contribution in [1.82, 2.24) is 5.32 Å². The first-order valence-corrected chi connectivity index (χ1v) is 7.85. The van der Waals surface area contributed by atoms with Gasteiger partial charge >= 0.3 is 0 Å². The monoisotopic (exact) mass is 318 g/mol. The molecule has 1 aliphatic rings. The molecule has 0 unspecified atom stereocenters. The molecule has 3 rings (SSSR count). The third kappa shape index (κ3) is 3.51. The Bertz CT molecular complexity index is 685. The van der Waals surface area contributed by atoms with E-state index in [1.165, 1.54) is 12.8 Å². The highest BCUT2D eigenvalue weighted by molar-refractivity contribution is 6.35.